The molecule has 0 radical (unpaired) electrons. The fourth-order valence-electron chi connectivity index (χ4n) is 2.21. The second-order valence-corrected chi connectivity index (χ2v) is 5.50. The van der Waals surface area contributed by atoms with Gasteiger partial charge in [0.15, 0.2) is 0 Å². The van der Waals surface area contributed by atoms with Gasteiger partial charge in [-0.25, -0.2) is 4.98 Å². The normalized spacial score (nSPS) is 11.2. The van der Waals surface area contributed by atoms with Gasteiger partial charge in [-0.15, -0.1) is 0 Å². The summed E-state index contributed by atoms with van der Waals surface area (Å²) in [5, 5.41) is 5.74. The summed E-state index contributed by atoms with van der Waals surface area (Å²) >= 11 is 6.22. The summed E-state index contributed by atoms with van der Waals surface area (Å²) in [6, 6.07) is 18.2. The molecule has 0 spiro atoms. The Balaban J connectivity index is 1.74. The SMILES string of the molecule is Cc1ccc2cc(/C=N\NCc3ccccc3)c(Cl)nc2c1. The number of aryl methyl sites for hydroxylation is 1. The molecule has 0 atom stereocenters. The van der Waals surface area contributed by atoms with Gasteiger partial charge in [-0.05, 0) is 30.2 Å². The molecule has 0 saturated heterocycles. The average molecular weight is 310 g/mol. The topological polar surface area (TPSA) is 37.3 Å². The standard InChI is InChI=1S/C18H16ClN3/c1-13-7-8-15-10-16(18(19)22-17(15)9-13)12-21-20-11-14-5-3-2-4-6-14/h2-10,12,20H,11H2,1H3/b21-12-. The maximum atomic E-state index is 6.22. The molecule has 1 N–H and O–H groups in total. The number of rotatable bonds is 4. The summed E-state index contributed by atoms with van der Waals surface area (Å²) < 4.78 is 0. The van der Waals surface area contributed by atoms with E-state index < -0.39 is 0 Å². The molecule has 0 amide bonds. The number of halogens is 1. The monoisotopic (exact) mass is 309 g/mol. The number of nitrogens with zero attached hydrogens (tertiary/aromatic N) is 2. The van der Waals surface area contributed by atoms with Crippen LogP contribution in [0.5, 0.6) is 0 Å². The minimum Gasteiger partial charge on any atom is -0.306 e. The highest BCUT2D eigenvalue weighted by Gasteiger charge is 2.03. The van der Waals surface area contributed by atoms with Crippen LogP contribution in [0.2, 0.25) is 5.15 Å². The number of nitrogens with one attached hydrogen (secondary N) is 1. The Morgan fingerprint density at radius 2 is 1.95 bits per heavy atom. The zero-order valence-electron chi connectivity index (χ0n) is 12.3. The average Bonchev–Trinajstić information content (AvgIpc) is 2.53. The Morgan fingerprint density at radius 3 is 2.77 bits per heavy atom. The van der Waals surface area contributed by atoms with Crippen LogP contribution in [0.25, 0.3) is 10.9 Å². The van der Waals surface area contributed by atoms with E-state index in [1.807, 2.05) is 43.3 Å². The van der Waals surface area contributed by atoms with Gasteiger partial charge in [0.2, 0.25) is 0 Å². The van der Waals surface area contributed by atoms with Crippen LogP contribution in [0, 0.1) is 6.92 Å². The second kappa shape index (κ2) is 6.58. The van der Waals surface area contributed by atoms with E-state index in [2.05, 4.69) is 33.7 Å². The highest BCUT2D eigenvalue weighted by molar-refractivity contribution is 6.32. The summed E-state index contributed by atoms with van der Waals surface area (Å²) in [7, 11) is 0. The molecule has 4 heteroatoms. The van der Waals surface area contributed by atoms with E-state index in [4.69, 9.17) is 11.6 Å². The van der Waals surface area contributed by atoms with Crippen molar-refractivity contribution >= 4 is 28.7 Å². The molecule has 0 saturated carbocycles. The third kappa shape index (κ3) is 3.43. The lowest BCUT2D eigenvalue weighted by Gasteiger charge is -2.04. The highest BCUT2D eigenvalue weighted by Crippen LogP contribution is 2.20. The van der Waals surface area contributed by atoms with Crippen molar-refractivity contribution in [2.45, 2.75) is 13.5 Å². The van der Waals surface area contributed by atoms with Crippen LogP contribution in [0.1, 0.15) is 16.7 Å². The largest absolute Gasteiger partial charge is 0.306 e. The van der Waals surface area contributed by atoms with Gasteiger partial charge in [0.05, 0.1) is 18.3 Å². The van der Waals surface area contributed by atoms with Gasteiger partial charge >= 0.3 is 0 Å². The van der Waals surface area contributed by atoms with Crippen LogP contribution < -0.4 is 5.43 Å². The van der Waals surface area contributed by atoms with E-state index in [0.717, 1.165) is 16.5 Å². The molecule has 0 fully saturated rings. The van der Waals surface area contributed by atoms with E-state index >= 15 is 0 Å². The van der Waals surface area contributed by atoms with Crippen LogP contribution in [0.3, 0.4) is 0 Å². The Bertz CT molecular complexity index is 813. The summed E-state index contributed by atoms with van der Waals surface area (Å²) in [5.74, 6) is 0. The molecule has 110 valence electrons. The lowest BCUT2D eigenvalue weighted by Crippen LogP contribution is -2.05. The molecule has 2 aromatic carbocycles. The predicted molar refractivity (Wildman–Crippen MR) is 92.4 cm³/mol. The first-order valence-corrected chi connectivity index (χ1v) is 7.47. The Kier molecular flexibility index (Phi) is 4.35. The molecule has 1 heterocycles. The summed E-state index contributed by atoms with van der Waals surface area (Å²) in [6.45, 7) is 2.72. The maximum Gasteiger partial charge on any atom is 0.138 e. The van der Waals surface area contributed by atoms with Crippen molar-refractivity contribution in [3.05, 3.63) is 76.4 Å². The number of hydrogen-bond acceptors (Lipinski definition) is 3. The summed E-state index contributed by atoms with van der Waals surface area (Å²) in [4.78, 5) is 4.42. The summed E-state index contributed by atoms with van der Waals surface area (Å²) in [5.41, 5.74) is 7.07. The maximum absolute atomic E-state index is 6.22. The third-order valence-corrected chi connectivity index (χ3v) is 3.68. The van der Waals surface area contributed by atoms with Crippen molar-refractivity contribution in [1.29, 1.82) is 0 Å². The van der Waals surface area contributed by atoms with Crippen LogP contribution in [0.4, 0.5) is 0 Å². The van der Waals surface area contributed by atoms with Gasteiger partial charge in [0.25, 0.3) is 0 Å². The van der Waals surface area contributed by atoms with Gasteiger partial charge in [-0.1, -0.05) is 54.1 Å². The van der Waals surface area contributed by atoms with Gasteiger partial charge in [-0.3, -0.25) is 0 Å². The number of hydrazone groups is 1. The number of pyridine rings is 1. The number of aromatic nitrogens is 1. The zero-order chi connectivity index (χ0) is 15.4. The molecule has 0 unspecified atom stereocenters. The Morgan fingerprint density at radius 1 is 1.14 bits per heavy atom. The quantitative estimate of drug-likeness (QED) is 0.443. The van der Waals surface area contributed by atoms with Crippen LogP contribution in [0.15, 0.2) is 59.7 Å². The van der Waals surface area contributed by atoms with E-state index in [1.165, 1.54) is 11.1 Å². The van der Waals surface area contributed by atoms with E-state index in [-0.39, 0.29) is 0 Å². The number of fused-ring (bicyclic) bond motifs is 1. The molecular weight excluding hydrogens is 294 g/mol. The molecule has 3 nitrogen and oxygen atoms in total. The van der Waals surface area contributed by atoms with Gasteiger partial charge in [-0.2, -0.15) is 5.10 Å². The lowest BCUT2D eigenvalue weighted by atomic mass is 10.1. The molecule has 0 bridgehead atoms. The first-order chi connectivity index (χ1) is 10.7. The second-order valence-electron chi connectivity index (χ2n) is 5.14. The highest BCUT2D eigenvalue weighted by atomic mass is 35.5. The van der Waals surface area contributed by atoms with Crippen LogP contribution in [-0.2, 0) is 6.54 Å². The zero-order valence-corrected chi connectivity index (χ0v) is 13.0. The van der Waals surface area contributed by atoms with Crippen molar-refractivity contribution in [3.63, 3.8) is 0 Å². The number of hydrogen-bond donors (Lipinski definition) is 1. The molecule has 22 heavy (non-hydrogen) atoms. The van der Waals surface area contributed by atoms with Crippen molar-refractivity contribution in [2.75, 3.05) is 0 Å². The van der Waals surface area contributed by atoms with Crippen molar-refractivity contribution in [1.82, 2.24) is 10.4 Å². The molecule has 0 aliphatic heterocycles. The van der Waals surface area contributed by atoms with Gasteiger partial charge in [0.1, 0.15) is 5.15 Å². The van der Waals surface area contributed by atoms with E-state index in [1.54, 1.807) is 6.21 Å². The van der Waals surface area contributed by atoms with Crippen LogP contribution in [-0.4, -0.2) is 11.2 Å². The third-order valence-electron chi connectivity index (χ3n) is 3.37. The molecule has 0 aliphatic carbocycles. The first-order valence-electron chi connectivity index (χ1n) is 7.09. The Hall–Kier alpha value is -2.39. The van der Waals surface area contributed by atoms with Crippen molar-refractivity contribution < 1.29 is 0 Å². The van der Waals surface area contributed by atoms with Gasteiger partial charge in [0, 0.05) is 10.9 Å². The van der Waals surface area contributed by atoms with Gasteiger partial charge < -0.3 is 5.43 Å². The van der Waals surface area contributed by atoms with Crippen molar-refractivity contribution in [2.24, 2.45) is 5.10 Å². The predicted octanol–water partition coefficient (Wildman–Crippen LogP) is 4.32. The minimum atomic E-state index is 0.461. The molecule has 1 aromatic heterocycles. The summed E-state index contributed by atoms with van der Waals surface area (Å²) in [6.07, 6.45) is 1.71. The molecule has 3 aromatic rings. The minimum absolute atomic E-state index is 0.461. The van der Waals surface area contributed by atoms with Crippen LogP contribution >= 0.6 is 11.6 Å². The lowest BCUT2D eigenvalue weighted by molar-refractivity contribution is 0.748. The van der Waals surface area contributed by atoms with E-state index in [0.29, 0.717) is 11.7 Å². The molecule has 3 rings (SSSR count). The van der Waals surface area contributed by atoms with E-state index in [9.17, 15) is 0 Å². The van der Waals surface area contributed by atoms with Crippen molar-refractivity contribution in [3.8, 4) is 0 Å². The fraction of sp³-hybridized carbons (Fsp3) is 0.111. The fourth-order valence-corrected chi connectivity index (χ4v) is 2.40. The first kappa shape index (κ1) is 14.5. The number of benzene rings is 2. The molecular formula is C18H16ClN3. The Labute approximate surface area is 134 Å². The molecule has 0 aliphatic rings. The smallest absolute Gasteiger partial charge is 0.138 e.